The summed E-state index contributed by atoms with van der Waals surface area (Å²) in [6, 6.07) is 11.0. The van der Waals surface area contributed by atoms with E-state index in [4.69, 9.17) is 0 Å². The Labute approximate surface area is 135 Å². The summed E-state index contributed by atoms with van der Waals surface area (Å²) >= 11 is 0. The van der Waals surface area contributed by atoms with E-state index in [1.165, 1.54) is 24.4 Å². The van der Waals surface area contributed by atoms with Crippen LogP contribution in [-0.2, 0) is 0 Å². The van der Waals surface area contributed by atoms with Gasteiger partial charge in [-0.1, -0.05) is 0 Å². The van der Waals surface area contributed by atoms with Crippen molar-refractivity contribution in [1.82, 2.24) is 19.9 Å². The van der Waals surface area contributed by atoms with Crippen molar-refractivity contribution < 1.29 is 4.39 Å². The summed E-state index contributed by atoms with van der Waals surface area (Å²) in [6.07, 6.45) is 4.82. The van der Waals surface area contributed by atoms with Crippen LogP contribution >= 0.6 is 0 Å². The molecule has 0 bridgehead atoms. The van der Waals surface area contributed by atoms with Crippen LogP contribution in [0.3, 0.4) is 0 Å². The molecule has 3 aromatic heterocycles. The molecule has 0 aliphatic heterocycles. The Kier molecular flexibility index (Phi) is 3.35. The first-order chi connectivity index (χ1) is 11.7. The van der Waals surface area contributed by atoms with Crippen LogP contribution in [0.1, 0.15) is 0 Å². The third-order valence-corrected chi connectivity index (χ3v) is 3.66. The van der Waals surface area contributed by atoms with E-state index in [2.05, 4.69) is 19.9 Å². The predicted octanol–water partition coefficient (Wildman–Crippen LogP) is 3.19. The van der Waals surface area contributed by atoms with E-state index in [-0.39, 0.29) is 16.8 Å². The third kappa shape index (κ3) is 2.44. The zero-order valence-corrected chi connectivity index (χ0v) is 12.4. The Morgan fingerprint density at radius 1 is 0.833 bits per heavy atom. The Bertz CT molecular complexity index is 1080. The summed E-state index contributed by atoms with van der Waals surface area (Å²) < 4.78 is 13.2. The number of halogens is 1. The van der Waals surface area contributed by atoms with Crippen LogP contribution < -0.4 is 5.43 Å². The van der Waals surface area contributed by atoms with Gasteiger partial charge in [-0.2, -0.15) is 0 Å². The number of nitrogens with one attached hydrogen (secondary N) is 1. The fourth-order valence-corrected chi connectivity index (χ4v) is 2.50. The van der Waals surface area contributed by atoms with E-state index in [0.717, 1.165) is 5.56 Å². The number of hydrogen-bond donors (Lipinski definition) is 1. The molecule has 3 heterocycles. The predicted molar refractivity (Wildman–Crippen MR) is 88.8 cm³/mol. The highest BCUT2D eigenvalue weighted by atomic mass is 19.1. The first-order valence-corrected chi connectivity index (χ1v) is 7.28. The van der Waals surface area contributed by atoms with Crippen LogP contribution in [-0.4, -0.2) is 19.9 Å². The molecule has 1 aromatic carbocycles. The van der Waals surface area contributed by atoms with Crippen molar-refractivity contribution in [2.75, 3.05) is 0 Å². The second-order valence-electron chi connectivity index (χ2n) is 5.20. The van der Waals surface area contributed by atoms with Gasteiger partial charge in [-0.15, -0.1) is 0 Å². The van der Waals surface area contributed by atoms with Crippen molar-refractivity contribution in [1.29, 1.82) is 0 Å². The Morgan fingerprint density at radius 2 is 1.50 bits per heavy atom. The lowest BCUT2D eigenvalue weighted by molar-refractivity contribution is 0.628. The summed E-state index contributed by atoms with van der Waals surface area (Å²) in [5.41, 5.74) is 3.04. The van der Waals surface area contributed by atoms with Crippen LogP contribution in [0.5, 0.6) is 0 Å². The number of fused-ring (bicyclic) bond motifs is 1. The first-order valence-electron chi connectivity index (χ1n) is 7.28. The SMILES string of the molecule is O=c1cc[nH]c2nc(-c3ccc(F)cc3)c(-c3ccncc3)nc12. The summed E-state index contributed by atoms with van der Waals surface area (Å²) in [6.45, 7) is 0. The number of hydrogen-bond acceptors (Lipinski definition) is 4. The molecule has 6 heteroatoms. The maximum Gasteiger partial charge on any atom is 0.209 e. The summed E-state index contributed by atoms with van der Waals surface area (Å²) in [5.74, 6) is -0.327. The Morgan fingerprint density at radius 3 is 2.25 bits per heavy atom. The second-order valence-corrected chi connectivity index (χ2v) is 5.20. The summed E-state index contributed by atoms with van der Waals surface area (Å²) in [5, 5.41) is 0. The van der Waals surface area contributed by atoms with E-state index in [0.29, 0.717) is 22.6 Å². The van der Waals surface area contributed by atoms with Gasteiger partial charge < -0.3 is 4.98 Å². The number of benzene rings is 1. The molecular weight excluding hydrogens is 307 g/mol. The molecule has 0 atom stereocenters. The maximum atomic E-state index is 13.2. The van der Waals surface area contributed by atoms with Gasteiger partial charge in [-0.25, -0.2) is 14.4 Å². The van der Waals surface area contributed by atoms with Gasteiger partial charge in [0.05, 0.1) is 11.4 Å². The van der Waals surface area contributed by atoms with E-state index in [9.17, 15) is 9.18 Å². The van der Waals surface area contributed by atoms with Crippen molar-refractivity contribution in [3.05, 3.63) is 77.1 Å². The average molecular weight is 318 g/mol. The van der Waals surface area contributed by atoms with Gasteiger partial charge in [0.15, 0.2) is 11.2 Å². The summed E-state index contributed by atoms with van der Waals surface area (Å²) in [4.78, 5) is 28.1. The standard InChI is InChI=1S/C18H11FN4O/c19-13-3-1-11(2-4-13)16-15(12-5-8-20-9-6-12)22-17-14(24)7-10-21-18(17)23-16/h1-10H,(H,21,23,24). The Balaban J connectivity index is 2.06. The highest BCUT2D eigenvalue weighted by molar-refractivity contribution is 5.84. The minimum Gasteiger partial charge on any atom is -0.345 e. The van der Waals surface area contributed by atoms with E-state index in [1.807, 2.05) is 0 Å². The molecule has 0 aliphatic carbocycles. The van der Waals surface area contributed by atoms with Gasteiger partial charge in [0.1, 0.15) is 5.82 Å². The van der Waals surface area contributed by atoms with Crippen molar-refractivity contribution in [2.45, 2.75) is 0 Å². The number of rotatable bonds is 2. The number of H-pyrrole nitrogens is 1. The zero-order valence-electron chi connectivity index (χ0n) is 12.4. The molecule has 4 rings (SSSR count). The first kappa shape index (κ1) is 14.2. The summed E-state index contributed by atoms with van der Waals surface area (Å²) in [7, 11) is 0. The highest BCUT2D eigenvalue weighted by Gasteiger charge is 2.14. The lowest BCUT2D eigenvalue weighted by Gasteiger charge is -2.10. The van der Waals surface area contributed by atoms with E-state index < -0.39 is 0 Å². The fourth-order valence-electron chi connectivity index (χ4n) is 2.50. The van der Waals surface area contributed by atoms with Crippen LogP contribution in [0, 0.1) is 5.82 Å². The van der Waals surface area contributed by atoms with Gasteiger partial charge in [-0.3, -0.25) is 9.78 Å². The fraction of sp³-hybridized carbons (Fsp3) is 0. The second kappa shape index (κ2) is 5.66. The number of aromatic nitrogens is 4. The van der Waals surface area contributed by atoms with Gasteiger partial charge in [0, 0.05) is 35.8 Å². The van der Waals surface area contributed by atoms with Crippen LogP contribution in [0.4, 0.5) is 4.39 Å². The van der Waals surface area contributed by atoms with Crippen LogP contribution in [0.2, 0.25) is 0 Å². The van der Waals surface area contributed by atoms with Gasteiger partial charge in [-0.05, 0) is 36.4 Å². The average Bonchev–Trinajstić information content (AvgIpc) is 2.62. The molecule has 4 aromatic rings. The maximum absolute atomic E-state index is 13.2. The van der Waals surface area contributed by atoms with Crippen LogP contribution in [0.25, 0.3) is 33.7 Å². The number of nitrogens with zero attached hydrogens (tertiary/aromatic N) is 3. The largest absolute Gasteiger partial charge is 0.345 e. The molecule has 24 heavy (non-hydrogen) atoms. The molecule has 0 aliphatic rings. The molecule has 1 N–H and O–H groups in total. The minimum absolute atomic E-state index is 0.211. The highest BCUT2D eigenvalue weighted by Crippen LogP contribution is 2.29. The van der Waals surface area contributed by atoms with Crippen molar-refractivity contribution in [3.8, 4) is 22.5 Å². The zero-order chi connectivity index (χ0) is 16.5. The normalized spacial score (nSPS) is 10.9. The van der Waals surface area contributed by atoms with Gasteiger partial charge in [0.2, 0.25) is 5.43 Å². The molecule has 116 valence electrons. The topological polar surface area (TPSA) is 71.5 Å². The molecule has 0 fully saturated rings. The van der Waals surface area contributed by atoms with Crippen LogP contribution in [0.15, 0.2) is 65.8 Å². The number of aromatic amines is 1. The molecule has 0 unspecified atom stereocenters. The molecule has 0 spiro atoms. The minimum atomic E-state index is -0.327. The Hall–Kier alpha value is -3.41. The molecule has 0 saturated heterocycles. The molecule has 0 radical (unpaired) electrons. The molecule has 0 saturated carbocycles. The lowest BCUT2D eigenvalue weighted by atomic mass is 10.0. The molecular formula is C18H11FN4O. The van der Waals surface area contributed by atoms with E-state index >= 15 is 0 Å². The lowest BCUT2D eigenvalue weighted by Crippen LogP contribution is -2.06. The van der Waals surface area contributed by atoms with Crippen molar-refractivity contribution in [2.24, 2.45) is 0 Å². The van der Waals surface area contributed by atoms with E-state index in [1.54, 1.807) is 36.7 Å². The van der Waals surface area contributed by atoms with Crippen molar-refractivity contribution in [3.63, 3.8) is 0 Å². The van der Waals surface area contributed by atoms with Gasteiger partial charge in [0.25, 0.3) is 0 Å². The third-order valence-electron chi connectivity index (χ3n) is 3.66. The molecule has 0 amide bonds. The molecule has 5 nitrogen and oxygen atoms in total. The monoisotopic (exact) mass is 318 g/mol. The smallest absolute Gasteiger partial charge is 0.209 e. The van der Waals surface area contributed by atoms with Gasteiger partial charge >= 0.3 is 0 Å². The quantitative estimate of drug-likeness (QED) is 0.616. The van der Waals surface area contributed by atoms with Crippen molar-refractivity contribution >= 4 is 11.2 Å². The number of pyridine rings is 2.